The number of anilines is 2. The van der Waals surface area contributed by atoms with Crippen LogP contribution in [-0.2, 0) is 41.7 Å². The zero-order valence-electron chi connectivity index (χ0n) is 43.6. The quantitative estimate of drug-likeness (QED) is 0.0611. The maximum Gasteiger partial charge on any atom is 0.213 e. The summed E-state index contributed by atoms with van der Waals surface area (Å²) >= 11 is 7.09. The molecule has 7 nitrogen and oxygen atoms in total. The first-order valence-electron chi connectivity index (χ1n) is 25.8. The highest BCUT2D eigenvalue weighted by Gasteiger charge is 2.29. The minimum Gasteiger partial charge on any atom is -0.497 e. The second-order valence-electron chi connectivity index (χ2n) is 19.1. The largest absolute Gasteiger partial charge is 0.497 e. The lowest BCUT2D eigenvalue weighted by Crippen LogP contribution is -2.34. The minimum atomic E-state index is -0.987. The highest BCUT2D eigenvalue weighted by atomic mass is 79.9. The molecule has 0 bridgehead atoms. The van der Waals surface area contributed by atoms with Crippen molar-refractivity contribution in [3.05, 3.63) is 244 Å². The van der Waals surface area contributed by atoms with Crippen LogP contribution in [0.25, 0.3) is 34.0 Å². The summed E-state index contributed by atoms with van der Waals surface area (Å²) in [6, 6.07) is 52.6. The molecule has 1 aliphatic carbocycles. The Labute approximate surface area is 475 Å². The van der Waals surface area contributed by atoms with E-state index in [2.05, 4.69) is 232 Å². The molecule has 2 aliphatic heterocycles. The zero-order valence-corrected chi connectivity index (χ0v) is 48.5. The predicted octanol–water partition coefficient (Wildman–Crippen LogP) is 15.6. The lowest BCUT2D eigenvalue weighted by Gasteiger charge is -2.21. The van der Waals surface area contributed by atoms with Crippen LogP contribution in [0, 0.1) is 0 Å². The van der Waals surface area contributed by atoms with Crippen LogP contribution < -0.4 is 22.7 Å². The van der Waals surface area contributed by atoms with Crippen molar-refractivity contribution < 1.29 is 22.3 Å². The zero-order chi connectivity index (χ0) is 53.3. The van der Waals surface area contributed by atoms with Gasteiger partial charge in [-0.25, -0.2) is 4.57 Å². The molecule has 0 N–H and O–H groups in total. The van der Waals surface area contributed by atoms with Gasteiger partial charge in [-0.3, -0.25) is 12.3 Å². The Balaban J connectivity index is 0.000000185. The van der Waals surface area contributed by atoms with E-state index in [0.717, 1.165) is 84.8 Å². The highest BCUT2D eigenvalue weighted by Crippen LogP contribution is 2.49. The molecule has 388 valence electrons. The number of rotatable bonds is 14. The number of ether oxygens (including phenoxy) is 1. The fraction of sp³-hybridized carbons (Fsp3) is 0.169. The van der Waals surface area contributed by atoms with Gasteiger partial charge >= 0.3 is 0 Å². The van der Waals surface area contributed by atoms with Crippen LogP contribution in [0.1, 0.15) is 54.9 Å². The Morgan fingerprint density at radius 3 is 2.18 bits per heavy atom. The number of halogens is 1. The van der Waals surface area contributed by atoms with Crippen LogP contribution in [0.4, 0.5) is 11.4 Å². The molecule has 6 aromatic carbocycles. The Kier molecular flexibility index (Phi) is 17.7. The molecular formula is C65H61BrN4O3S4+2. The highest BCUT2D eigenvalue weighted by molar-refractivity contribution is 9.10. The normalized spacial score (nSPS) is 16.6. The summed E-state index contributed by atoms with van der Waals surface area (Å²) < 4.78 is 37.0. The van der Waals surface area contributed by atoms with Gasteiger partial charge in [-0.15, -0.1) is 0 Å². The number of thioether (sulfide) groups is 2. The first-order chi connectivity index (χ1) is 37.6. The van der Waals surface area contributed by atoms with E-state index in [1.54, 1.807) is 36.9 Å². The Morgan fingerprint density at radius 1 is 0.688 bits per heavy atom. The number of para-hydroxylation sites is 1. The minimum absolute atomic E-state index is 0.292. The van der Waals surface area contributed by atoms with Crippen molar-refractivity contribution in [3.63, 3.8) is 0 Å². The van der Waals surface area contributed by atoms with Crippen LogP contribution in [0.2, 0.25) is 0 Å². The van der Waals surface area contributed by atoms with E-state index in [-0.39, 0.29) is 0 Å². The first kappa shape index (κ1) is 53.8. The predicted molar refractivity (Wildman–Crippen MR) is 328 cm³/mol. The summed E-state index contributed by atoms with van der Waals surface area (Å²) in [5.74, 6) is 0.848. The van der Waals surface area contributed by atoms with E-state index in [1.807, 2.05) is 35.2 Å². The van der Waals surface area contributed by atoms with Crippen LogP contribution >= 0.6 is 39.7 Å². The van der Waals surface area contributed by atoms with Gasteiger partial charge in [-0.1, -0.05) is 157 Å². The molecule has 4 heterocycles. The van der Waals surface area contributed by atoms with Gasteiger partial charge in [0.25, 0.3) is 0 Å². The van der Waals surface area contributed by atoms with E-state index in [9.17, 15) is 8.42 Å². The number of aryl methyl sites for hydroxylation is 1. The van der Waals surface area contributed by atoms with Crippen LogP contribution in [-0.4, -0.2) is 27.0 Å². The number of fused-ring (bicyclic) bond motifs is 4. The van der Waals surface area contributed by atoms with E-state index in [4.69, 9.17) is 4.74 Å². The summed E-state index contributed by atoms with van der Waals surface area (Å²) in [4.78, 5) is 6.48. The number of allylic oxidation sites excluding steroid dienone is 8. The Bertz CT molecular complexity index is 3700. The Hall–Kier alpha value is -6.54. The third-order valence-corrected chi connectivity index (χ3v) is 19.8. The second-order valence-corrected chi connectivity index (χ2v) is 25.1. The molecule has 77 heavy (non-hydrogen) atoms. The maximum absolute atomic E-state index is 13.4. The summed E-state index contributed by atoms with van der Waals surface area (Å²) in [6.07, 6.45) is 29.7. The third kappa shape index (κ3) is 12.9. The molecule has 1 fully saturated rings. The van der Waals surface area contributed by atoms with Crippen LogP contribution in [0.15, 0.2) is 242 Å². The fourth-order valence-electron chi connectivity index (χ4n) is 9.74. The van der Waals surface area contributed by atoms with Crippen LogP contribution in [0.5, 0.6) is 5.75 Å². The summed E-state index contributed by atoms with van der Waals surface area (Å²) in [5, 5.41) is 4.91. The van der Waals surface area contributed by atoms with Gasteiger partial charge in [-0.05, 0) is 103 Å². The lowest BCUT2D eigenvalue weighted by atomic mass is 10.1. The van der Waals surface area contributed by atoms with E-state index < -0.39 is 21.6 Å². The number of pyridine rings is 2. The van der Waals surface area contributed by atoms with Gasteiger partial charge in [-0.2, -0.15) is 4.57 Å². The van der Waals surface area contributed by atoms with Gasteiger partial charge in [0.1, 0.15) is 12.8 Å². The molecule has 2 aromatic heterocycles. The molecule has 0 amide bonds. The van der Waals surface area contributed by atoms with Crippen molar-refractivity contribution in [1.82, 2.24) is 0 Å². The number of aromatic nitrogens is 2. The van der Waals surface area contributed by atoms with Crippen molar-refractivity contribution in [1.29, 1.82) is 0 Å². The number of benzene rings is 6. The molecule has 0 saturated heterocycles. The van der Waals surface area contributed by atoms with E-state index in [0.29, 0.717) is 5.25 Å². The topological polar surface area (TPSA) is 57.6 Å². The first-order valence-corrected chi connectivity index (χ1v) is 30.9. The number of hydrogen-bond donors (Lipinski definition) is 0. The standard InChI is InChI=1S/C40H37N2OS2.C25H24BrN2O2S2/c43-45(34-19-10-11-20-34)35-24-25-39-38(28-35)42(30-32-16-6-2-7-17-32)40(44-39)23-9-3-8-18-33-26-27-41(29-31-14-4-1-5-15-31)37-22-13-12-21-36(33)37;1-17(5-7-18-13-14-27(2)22-10-8-19(30-3)15-21(18)22)6-12-25-28(26)23-11-9-20(32(4)29)16-24(23)31-25/h1-9,12-18,21-28,34H,10-11,19-20,29-30H2;5-16H,1-4H3/q2*+1. The second kappa shape index (κ2) is 25.3. The molecule has 1 saturated carbocycles. The van der Waals surface area contributed by atoms with Crippen molar-refractivity contribution in [3.8, 4) is 5.75 Å². The number of methoxy groups -OCH3 is 1. The molecule has 11 rings (SSSR count). The van der Waals surface area contributed by atoms with Crippen molar-refractivity contribution in [2.75, 3.05) is 22.2 Å². The fourth-order valence-corrected chi connectivity index (χ4v) is 14.7. The molecule has 0 spiro atoms. The van der Waals surface area contributed by atoms with Gasteiger partial charge < -0.3 is 9.64 Å². The molecule has 8 aromatic rings. The molecule has 12 heteroatoms. The summed E-state index contributed by atoms with van der Waals surface area (Å²) in [5.41, 5.74) is 10.6. The average Bonchev–Trinajstić information content (AvgIpc) is 4.23. The average molecular weight is 1150 g/mol. The van der Waals surface area contributed by atoms with Gasteiger partial charge in [0.2, 0.25) is 11.0 Å². The summed E-state index contributed by atoms with van der Waals surface area (Å²) in [7, 11) is 1.80. The monoisotopic (exact) mass is 1150 g/mol. The number of nitrogens with zero attached hydrogens (tertiary/aromatic N) is 4. The molecular weight excluding hydrogens is 1090 g/mol. The molecule has 2 unspecified atom stereocenters. The molecule has 3 aliphatic rings. The van der Waals surface area contributed by atoms with Crippen molar-refractivity contribution in [2.24, 2.45) is 7.05 Å². The van der Waals surface area contributed by atoms with Crippen molar-refractivity contribution >= 4 is 107 Å². The number of hydrogen-bond acceptors (Lipinski definition) is 7. The van der Waals surface area contributed by atoms with Gasteiger partial charge in [0, 0.05) is 78.3 Å². The maximum atomic E-state index is 13.4. The van der Waals surface area contributed by atoms with E-state index >= 15 is 0 Å². The van der Waals surface area contributed by atoms with E-state index in [1.165, 1.54) is 50.4 Å². The smallest absolute Gasteiger partial charge is 0.213 e. The molecule has 2 atom stereocenters. The van der Waals surface area contributed by atoms with Crippen molar-refractivity contribution in [2.45, 2.75) is 70.5 Å². The third-order valence-electron chi connectivity index (χ3n) is 13.9. The lowest BCUT2D eigenvalue weighted by molar-refractivity contribution is -0.662. The summed E-state index contributed by atoms with van der Waals surface area (Å²) in [6.45, 7) is 3.70. The van der Waals surface area contributed by atoms with Crippen LogP contribution in [0.3, 0.4) is 0 Å². The molecule has 0 radical (unpaired) electrons. The SMILES string of the molecule is COc1ccc2c(c1)c(/C=C/C(C)=C/C=C1\Sc3cc(S(C)=O)ccc3N1Br)cc[n+]2C.O=S(c1ccc2c(c1)N(Cc1ccccc1)/C(=C/C=C/C=C/c1cc[n+](Cc3ccccc3)c3ccccc13)S2)C1CCCC1. The Morgan fingerprint density at radius 2 is 1.40 bits per heavy atom. The van der Waals surface area contributed by atoms with Gasteiger partial charge in [0.05, 0.1) is 66.3 Å². The van der Waals surface area contributed by atoms with Gasteiger partial charge in [0.15, 0.2) is 18.9 Å².